The maximum atomic E-state index is 9.17. The first-order valence-electron chi connectivity index (χ1n) is 8.18. The van der Waals surface area contributed by atoms with Crippen molar-refractivity contribution in [1.82, 2.24) is 0 Å². The summed E-state index contributed by atoms with van der Waals surface area (Å²) in [6, 6.07) is 10.4. The average molecular weight is 364 g/mol. The van der Waals surface area contributed by atoms with Crippen molar-refractivity contribution in [2.75, 3.05) is 11.4 Å². The van der Waals surface area contributed by atoms with Gasteiger partial charge in [0.2, 0.25) is 0 Å². The summed E-state index contributed by atoms with van der Waals surface area (Å²) in [5, 5.41) is 1.23. The number of aldehydes is 1. The summed E-state index contributed by atoms with van der Waals surface area (Å²) in [4.78, 5) is 11.5. The van der Waals surface area contributed by atoms with Gasteiger partial charge in [-0.25, -0.2) is 0 Å². The minimum Gasteiger partial charge on any atom is -0.367 e. The van der Waals surface area contributed by atoms with Gasteiger partial charge >= 0.3 is 0 Å². The molecule has 4 heteroatoms. The quantitative estimate of drug-likeness (QED) is 0.631. The van der Waals surface area contributed by atoms with Crippen molar-refractivity contribution < 1.29 is 4.79 Å². The third-order valence-corrected chi connectivity index (χ3v) is 4.88. The van der Waals surface area contributed by atoms with Crippen molar-refractivity contribution in [3.8, 4) is 0 Å². The van der Waals surface area contributed by atoms with Crippen molar-refractivity contribution >= 4 is 35.2 Å². The fourth-order valence-electron chi connectivity index (χ4n) is 2.96. The van der Waals surface area contributed by atoms with E-state index in [9.17, 15) is 4.79 Å². The average Bonchev–Trinajstić information content (AvgIpc) is 2.57. The second kappa shape index (κ2) is 8.55. The van der Waals surface area contributed by atoms with Crippen LogP contribution in [0.4, 0.5) is 5.69 Å². The number of nitrogens with zero attached hydrogens (tertiary/aromatic N) is 1. The first-order valence-corrected chi connectivity index (χ1v) is 8.94. The Morgan fingerprint density at radius 2 is 1.83 bits per heavy atom. The van der Waals surface area contributed by atoms with Crippen molar-refractivity contribution in [1.29, 1.82) is 0 Å². The van der Waals surface area contributed by atoms with E-state index in [1.54, 1.807) is 0 Å². The van der Waals surface area contributed by atoms with Crippen LogP contribution in [0.3, 0.4) is 0 Å². The number of carbonyl (C=O) groups excluding carboxylic acids is 1. The molecule has 1 heterocycles. The zero-order valence-corrected chi connectivity index (χ0v) is 15.9. The highest BCUT2D eigenvalue weighted by Crippen LogP contribution is 2.31. The van der Waals surface area contributed by atoms with Crippen LogP contribution in [0.5, 0.6) is 0 Å². The van der Waals surface area contributed by atoms with Gasteiger partial charge in [0, 0.05) is 25.2 Å². The second-order valence-electron chi connectivity index (χ2n) is 6.06. The SMILES string of the molecule is CCC=O.Cc1cc(C)c2c(c1)CCN(c1ccc(Cl)c(Cl)c1)C2. The number of fused-ring (bicyclic) bond motifs is 1. The fraction of sp³-hybridized carbons (Fsp3) is 0.350. The van der Waals surface area contributed by atoms with Crippen molar-refractivity contribution in [2.45, 2.75) is 40.2 Å². The van der Waals surface area contributed by atoms with Crippen LogP contribution in [0.25, 0.3) is 0 Å². The van der Waals surface area contributed by atoms with Gasteiger partial charge in [0.05, 0.1) is 10.0 Å². The number of aryl methyl sites for hydroxylation is 2. The molecule has 128 valence electrons. The van der Waals surface area contributed by atoms with Crippen molar-refractivity contribution in [2.24, 2.45) is 0 Å². The van der Waals surface area contributed by atoms with Gasteiger partial charge in [-0.15, -0.1) is 0 Å². The molecule has 2 nitrogen and oxygen atoms in total. The van der Waals surface area contributed by atoms with Crippen molar-refractivity contribution in [3.63, 3.8) is 0 Å². The number of carbonyl (C=O) groups is 1. The Morgan fingerprint density at radius 3 is 2.46 bits per heavy atom. The molecule has 3 rings (SSSR count). The summed E-state index contributed by atoms with van der Waals surface area (Å²) < 4.78 is 0. The maximum absolute atomic E-state index is 9.17. The van der Waals surface area contributed by atoms with Crippen LogP contribution in [-0.4, -0.2) is 12.8 Å². The highest BCUT2D eigenvalue weighted by molar-refractivity contribution is 6.42. The summed E-state index contributed by atoms with van der Waals surface area (Å²) in [6.45, 7) is 8.14. The van der Waals surface area contributed by atoms with Crippen LogP contribution in [-0.2, 0) is 17.8 Å². The van der Waals surface area contributed by atoms with Crippen LogP contribution >= 0.6 is 23.2 Å². The Labute approximate surface area is 154 Å². The smallest absolute Gasteiger partial charge is 0.119 e. The van der Waals surface area contributed by atoms with Crippen LogP contribution in [0.2, 0.25) is 10.0 Å². The molecule has 1 aliphatic rings. The van der Waals surface area contributed by atoms with Gasteiger partial charge in [-0.2, -0.15) is 0 Å². The summed E-state index contributed by atoms with van der Waals surface area (Å²) in [5.41, 5.74) is 6.81. The number of rotatable bonds is 2. The molecule has 0 saturated heterocycles. The monoisotopic (exact) mass is 363 g/mol. The normalized spacial score (nSPS) is 13.0. The third-order valence-electron chi connectivity index (χ3n) is 4.14. The zero-order chi connectivity index (χ0) is 17.7. The van der Waals surface area contributed by atoms with Gasteiger partial charge in [-0.05, 0) is 55.2 Å². The van der Waals surface area contributed by atoms with Gasteiger partial charge in [-0.1, -0.05) is 47.8 Å². The lowest BCUT2D eigenvalue weighted by molar-refractivity contribution is -0.107. The molecule has 1 aliphatic heterocycles. The van der Waals surface area contributed by atoms with Gasteiger partial charge < -0.3 is 9.69 Å². The van der Waals surface area contributed by atoms with Gasteiger partial charge in [0.15, 0.2) is 0 Å². The molecular formula is C20H23Cl2NO. The van der Waals surface area contributed by atoms with Crippen LogP contribution in [0, 0.1) is 13.8 Å². The largest absolute Gasteiger partial charge is 0.367 e. The number of halogens is 2. The van der Waals surface area contributed by atoms with E-state index in [0.29, 0.717) is 16.5 Å². The van der Waals surface area contributed by atoms with Crippen LogP contribution in [0.15, 0.2) is 30.3 Å². The fourth-order valence-corrected chi connectivity index (χ4v) is 3.25. The molecule has 0 amide bonds. The highest BCUT2D eigenvalue weighted by atomic mass is 35.5. The van der Waals surface area contributed by atoms with Gasteiger partial charge in [0.1, 0.15) is 6.29 Å². The van der Waals surface area contributed by atoms with E-state index in [4.69, 9.17) is 23.2 Å². The highest BCUT2D eigenvalue weighted by Gasteiger charge is 2.19. The predicted octanol–water partition coefficient (Wildman–Crippen LogP) is 5.77. The van der Waals surface area contributed by atoms with E-state index in [2.05, 4.69) is 30.9 Å². The van der Waals surface area contributed by atoms with Crippen molar-refractivity contribution in [3.05, 3.63) is 62.6 Å². The number of hydrogen-bond donors (Lipinski definition) is 0. The Balaban J connectivity index is 0.000000471. The third kappa shape index (κ3) is 4.52. The number of benzene rings is 2. The van der Waals surface area contributed by atoms with E-state index >= 15 is 0 Å². The molecule has 0 spiro atoms. The van der Waals surface area contributed by atoms with E-state index in [1.165, 1.54) is 22.3 Å². The lowest BCUT2D eigenvalue weighted by Crippen LogP contribution is -2.31. The molecule has 0 unspecified atom stereocenters. The lowest BCUT2D eigenvalue weighted by Gasteiger charge is -2.32. The lowest BCUT2D eigenvalue weighted by atomic mass is 9.93. The van der Waals surface area contributed by atoms with E-state index in [0.717, 1.165) is 31.5 Å². The number of hydrogen-bond acceptors (Lipinski definition) is 2. The summed E-state index contributed by atoms with van der Waals surface area (Å²) in [5.74, 6) is 0. The topological polar surface area (TPSA) is 20.3 Å². The molecule has 2 aromatic carbocycles. The van der Waals surface area contributed by atoms with Gasteiger partial charge in [0.25, 0.3) is 0 Å². The predicted molar refractivity (Wildman–Crippen MR) is 103 cm³/mol. The number of anilines is 1. The molecule has 0 radical (unpaired) electrons. The Bertz CT molecular complexity index is 728. The molecule has 0 bridgehead atoms. The Morgan fingerprint density at radius 1 is 1.12 bits per heavy atom. The summed E-state index contributed by atoms with van der Waals surface area (Å²) >= 11 is 12.1. The molecule has 0 aliphatic carbocycles. The van der Waals surface area contributed by atoms with E-state index in [-0.39, 0.29) is 0 Å². The van der Waals surface area contributed by atoms with Gasteiger partial charge in [-0.3, -0.25) is 0 Å². The molecule has 0 atom stereocenters. The minimum atomic E-state index is 0.611. The standard InChI is InChI=1S/C17H17Cl2N.C3H6O/c1-11-7-12(2)15-10-20(6-5-13(15)8-11)14-3-4-16(18)17(19)9-14;1-2-3-4/h3-4,7-9H,5-6,10H2,1-2H3;3H,2H2,1H3. The van der Waals surface area contributed by atoms with Crippen LogP contribution in [0.1, 0.15) is 35.6 Å². The summed E-state index contributed by atoms with van der Waals surface area (Å²) in [7, 11) is 0. The molecule has 0 fully saturated rings. The molecule has 24 heavy (non-hydrogen) atoms. The molecule has 0 aromatic heterocycles. The first-order chi connectivity index (χ1) is 11.5. The minimum absolute atomic E-state index is 0.611. The summed E-state index contributed by atoms with van der Waals surface area (Å²) in [6.07, 6.45) is 2.60. The maximum Gasteiger partial charge on any atom is 0.119 e. The second-order valence-corrected chi connectivity index (χ2v) is 6.88. The molecule has 0 N–H and O–H groups in total. The first kappa shape index (κ1) is 18.8. The zero-order valence-electron chi connectivity index (χ0n) is 14.4. The van der Waals surface area contributed by atoms with E-state index < -0.39 is 0 Å². The molecular weight excluding hydrogens is 341 g/mol. The molecule has 2 aromatic rings. The van der Waals surface area contributed by atoms with Crippen LogP contribution < -0.4 is 4.90 Å². The molecule has 0 saturated carbocycles. The Kier molecular flexibility index (Phi) is 6.70. The van der Waals surface area contributed by atoms with E-state index in [1.807, 2.05) is 25.1 Å². The Hall–Kier alpha value is -1.51.